The van der Waals surface area contributed by atoms with Crippen molar-refractivity contribution in [1.29, 1.82) is 0 Å². The van der Waals surface area contributed by atoms with Gasteiger partial charge in [-0.3, -0.25) is 14.6 Å². The number of benzene rings is 1. The Bertz CT molecular complexity index is 946. The van der Waals surface area contributed by atoms with Gasteiger partial charge in [0.05, 0.1) is 5.92 Å². The minimum atomic E-state index is -0.467. The van der Waals surface area contributed by atoms with Gasteiger partial charge in [0.25, 0.3) is 0 Å². The van der Waals surface area contributed by atoms with Crippen LogP contribution in [0.2, 0.25) is 0 Å². The molecule has 0 saturated heterocycles. The van der Waals surface area contributed by atoms with Crippen LogP contribution < -0.4 is 26.8 Å². The standard InChI is InChI=1S/C30H45N5O3/c31-16-4-2-1-3-5-17-34-30(37)28(21-35-29(36)26-8-6-23(20-32)7-9-26)25-10-12-27(13-11-25)38-22-24-14-18-33-19-15-24/h10-15,18-19,23,26,28H,1-9,16-17,20-22,31-32H2,(H,34,37)(H,35,36). The molecule has 8 heteroatoms. The third kappa shape index (κ3) is 10.1. The lowest BCUT2D eigenvalue weighted by Gasteiger charge is -2.27. The highest BCUT2D eigenvalue weighted by atomic mass is 16.5. The number of hydrogen-bond donors (Lipinski definition) is 4. The molecule has 1 heterocycles. The number of pyridine rings is 1. The zero-order valence-electron chi connectivity index (χ0n) is 22.6. The zero-order valence-corrected chi connectivity index (χ0v) is 22.6. The molecule has 6 N–H and O–H groups in total. The minimum Gasteiger partial charge on any atom is -0.489 e. The van der Waals surface area contributed by atoms with Crippen LogP contribution in [-0.2, 0) is 16.2 Å². The monoisotopic (exact) mass is 523 g/mol. The third-order valence-electron chi connectivity index (χ3n) is 7.47. The van der Waals surface area contributed by atoms with Crippen LogP contribution in [0.4, 0.5) is 0 Å². The number of nitrogens with one attached hydrogen (secondary N) is 2. The summed E-state index contributed by atoms with van der Waals surface area (Å²) in [7, 11) is 0. The van der Waals surface area contributed by atoms with Gasteiger partial charge < -0.3 is 26.8 Å². The van der Waals surface area contributed by atoms with Crippen LogP contribution in [0.1, 0.15) is 74.8 Å². The number of carbonyl (C=O) groups excluding carboxylic acids is 2. The fourth-order valence-corrected chi connectivity index (χ4v) is 4.95. The van der Waals surface area contributed by atoms with Crippen molar-refractivity contribution in [1.82, 2.24) is 15.6 Å². The molecule has 8 nitrogen and oxygen atoms in total. The van der Waals surface area contributed by atoms with E-state index in [4.69, 9.17) is 16.2 Å². The van der Waals surface area contributed by atoms with E-state index in [1.54, 1.807) is 12.4 Å². The van der Waals surface area contributed by atoms with E-state index in [2.05, 4.69) is 15.6 Å². The number of carbonyl (C=O) groups is 2. The Hall–Kier alpha value is -2.97. The maximum absolute atomic E-state index is 13.2. The lowest BCUT2D eigenvalue weighted by atomic mass is 9.81. The van der Waals surface area contributed by atoms with Crippen molar-refractivity contribution in [3.05, 3.63) is 59.9 Å². The Morgan fingerprint density at radius 3 is 2.26 bits per heavy atom. The van der Waals surface area contributed by atoms with E-state index in [9.17, 15) is 9.59 Å². The molecule has 0 spiro atoms. The topological polar surface area (TPSA) is 132 Å². The SMILES string of the molecule is NCCCCCCCNC(=O)C(CNC(=O)C1CCC(CN)CC1)c1ccc(OCc2ccncc2)cc1. The molecule has 1 atom stereocenters. The average Bonchev–Trinajstić information content (AvgIpc) is 2.96. The second-order valence-corrected chi connectivity index (χ2v) is 10.3. The van der Waals surface area contributed by atoms with Gasteiger partial charge in [-0.15, -0.1) is 0 Å². The van der Waals surface area contributed by atoms with Crippen molar-refractivity contribution in [2.45, 2.75) is 70.3 Å². The summed E-state index contributed by atoms with van der Waals surface area (Å²) in [5.74, 6) is 0.750. The van der Waals surface area contributed by atoms with Crippen LogP contribution in [0.5, 0.6) is 5.75 Å². The second-order valence-electron chi connectivity index (χ2n) is 10.3. The molecule has 3 rings (SSSR count). The summed E-state index contributed by atoms with van der Waals surface area (Å²) in [6.45, 7) is 2.76. The van der Waals surface area contributed by atoms with Crippen LogP contribution >= 0.6 is 0 Å². The van der Waals surface area contributed by atoms with Crippen LogP contribution in [0.15, 0.2) is 48.8 Å². The van der Waals surface area contributed by atoms with Crippen molar-refractivity contribution in [3.8, 4) is 5.75 Å². The molecular formula is C30H45N5O3. The highest BCUT2D eigenvalue weighted by Gasteiger charge is 2.27. The maximum atomic E-state index is 13.2. The first kappa shape index (κ1) is 29.6. The van der Waals surface area contributed by atoms with Gasteiger partial charge in [-0.05, 0) is 92.9 Å². The van der Waals surface area contributed by atoms with Gasteiger partial charge in [0.1, 0.15) is 12.4 Å². The average molecular weight is 524 g/mol. The van der Waals surface area contributed by atoms with Crippen LogP contribution in [0.25, 0.3) is 0 Å². The number of nitrogens with zero attached hydrogens (tertiary/aromatic N) is 1. The molecule has 0 radical (unpaired) electrons. The predicted octanol–water partition coefficient (Wildman–Crippen LogP) is 3.65. The molecule has 1 aromatic carbocycles. The van der Waals surface area contributed by atoms with Gasteiger partial charge in [0.2, 0.25) is 11.8 Å². The summed E-state index contributed by atoms with van der Waals surface area (Å²) in [6.07, 6.45) is 12.5. The number of amides is 2. The summed E-state index contributed by atoms with van der Waals surface area (Å²) in [5.41, 5.74) is 13.2. The highest BCUT2D eigenvalue weighted by molar-refractivity contribution is 5.85. The van der Waals surface area contributed by atoms with Gasteiger partial charge in [-0.2, -0.15) is 0 Å². The van der Waals surface area contributed by atoms with Gasteiger partial charge in [-0.1, -0.05) is 31.4 Å². The lowest BCUT2D eigenvalue weighted by Crippen LogP contribution is -2.40. The van der Waals surface area contributed by atoms with Crippen LogP contribution in [0.3, 0.4) is 0 Å². The third-order valence-corrected chi connectivity index (χ3v) is 7.47. The molecule has 38 heavy (non-hydrogen) atoms. The number of nitrogens with two attached hydrogens (primary N) is 2. The molecule has 1 saturated carbocycles. The van der Waals surface area contributed by atoms with E-state index in [0.717, 1.165) is 81.2 Å². The summed E-state index contributed by atoms with van der Waals surface area (Å²) in [6, 6.07) is 11.4. The maximum Gasteiger partial charge on any atom is 0.229 e. The molecule has 1 fully saturated rings. The van der Waals surface area contributed by atoms with E-state index in [-0.39, 0.29) is 24.3 Å². The van der Waals surface area contributed by atoms with Gasteiger partial charge in [0.15, 0.2) is 0 Å². The first-order valence-electron chi connectivity index (χ1n) is 14.2. The quantitative estimate of drug-likeness (QED) is 0.248. The van der Waals surface area contributed by atoms with E-state index in [1.807, 2.05) is 36.4 Å². The molecular weight excluding hydrogens is 478 g/mol. The number of hydrogen-bond acceptors (Lipinski definition) is 6. The molecule has 2 aromatic rings. The Morgan fingerprint density at radius 2 is 1.58 bits per heavy atom. The Labute approximate surface area is 227 Å². The van der Waals surface area contributed by atoms with Crippen molar-refractivity contribution in [2.24, 2.45) is 23.3 Å². The molecule has 208 valence electrons. The number of rotatable bonds is 16. The van der Waals surface area contributed by atoms with Crippen molar-refractivity contribution >= 4 is 11.8 Å². The van der Waals surface area contributed by atoms with Crippen LogP contribution in [0, 0.1) is 11.8 Å². The highest BCUT2D eigenvalue weighted by Crippen LogP contribution is 2.28. The van der Waals surface area contributed by atoms with Crippen molar-refractivity contribution in [3.63, 3.8) is 0 Å². The van der Waals surface area contributed by atoms with Crippen molar-refractivity contribution in [2.75, 3.05) is 26.2 Å². The molecule has 1 unspecified atom stereocenters. The number of unbranched alkanes of at least 4 members (excludes halogenated alkanes) is 4. The molecule has 1 aromatic heterocycles. The fraction of sp³-hybridized carbons (Fsp3) is 0.567. The molecule has 0 aliphatic heterocycles. The zero-order chi connectivity index (χ0) is 27.0. The van der Waals surface area contributed by atoms with Gasteiger partial charge >= 0.3 is 0 Å². The first-order chi connectivity index (χ1) is 18.6. The lowest BCUT2D eigenvalue weighted by molar-refractivity contribution is -0.126. The molecule has 0 bridgehead atoms. The smallest absolute Gasteiger partial charge is 0.229 e. The number of ether oxygens (including phenoxy) is 1. The molecule has 2 amide bonds. The van der Waals surface area contributed by atoms with Crippen LogP contribution in [-0.4, -0.2) is 43.0 Å². The predicted molar refractivity (Wildman–Crippen MR) is 150 cm³/mol. The van der Waals surface area contributed by atoms with E-state index in [1.165, 1.54) is 0 Å². The Morgan fingerprint density at radius 1 is 0.895 bits per heavy atom. The van der Waals surface area contributed by atoms with Gasteiger partial charge in [0, 0.05) is 31.4 Å². The summed E-state index contributed by atoms with van der Waals surface area (Å²) in [5, 5.41) is 6.15. The largest absolute Gasteiger partial charge is 0.489 e. The first-order valence-corrected chi connectivity index (χ1v) is 14.2. The Kier molecular flexibility index (Phi) is 13.1. The second kappa shape index (κ2) is 16.8. The van der Waals surface area contributed by atoms with Crippen molar-refractivity contribution < 1.29 is 14.3 Å². The number of aromatic nitrogens is 1. The van der Waals surface area contributed by atoms with Gasteiger partial charge in [-0.25, -0.2) is 0 Å². The normalized spacial score (nSPS) is 17.9. The summed E-state index contributed by atoms with van der Waals surface area (Å²) < 4.78 is 5.89. The Balaban J connectivity index is 1.56. The van der Waals surface area contributed by atoms with E-state index in [0.29, 0.717) is 25.6 Å². The molecule has 1 aliphatic carbocycles. The van der Waals surface area contributed by atoms with E-state index >= 15 is 0 Å². The minimum absolute atomic E-state index is 0.000931. The summed E-state index contributed by atoms with van der Waals surface area (Å²) >= 11 is 0. The van der Waals surface area contributed by atoms with E-state index < -0.39 is 5.92 Å². The summed E-state index contributed by atoms with van der Waals surface area (Å²) in [4.78, 5) is 30.1. The fourth-order valence-electron chi connectivity index (χ4n) is 4.95. The molecule has 1 aliphatic rings.